The van der Waals surface area contributed by atoms with Crippen molar-refractivity contribution < 1.29 is 19.8 Å². The van der Waals surface area contributed by atoms with Gasteiger partial charge in [0, 0.05) is 12.6 Å². The summed E-state index contributed by atoms with van der Waals surface area (Å²) in [5.74, 6) is -0.0732. The lowest BCUT2D eigenvalue weighted by molar-refractivity contribution is -0.105. The summed E-state index contributed by atoms with van der Waals surface area (Å²) in [6, 6.07) is 4.96. The van der Waals surface area contributed by atoms with Crippen molar-refractivity contribution in [3.63, 3.8) is 0 Å². The van der Waals surface area contributed by atoms with Crippen molar-refractivity contribution in [3.05, 3.63) is 47.2 Å². The molecule has 28 heavy (non-hydrogen) atoms. The van der Waals surface area contributed by atoms with Crippen LogP contribution in [0.4, 0.5) is 5.69 Å². The second kappa shape index (κ2) is 9.06. The van der Waals surface area contributed by atoms with Crippen molar-refractivity contribution in [2.75, 3.05) is 24.5 Å². The molecule has 1 aliphatic carbocycles. The Morgan fingerprint density at radius 2 is 1.79 bits per heavy atom. The number of carbonyl (C=O) groups excluding carboxylic acids is 2. The number of nitrogens with zero attached hydrogens (tertiary/aromatic N) is 2. The largest absolute Gasteiger partial charge is 0.507 e. The standard InChI is InChI=1S/C22H30N2O4/c1-5-23(6-2)22(12-11-17(14-25)20(27)13-22)16(4)24(7-3)19-10-8-9-18(15-26)21(19)28/h8-11,13-16,27-28H,5-7,12H2,1-4H3. The van der Waals surface area contributed by atoms with Crippen LogP contribution >= 0.6 is 0 Å². The van der Waals surface area contributed by atoms with Crippen LogP contribution in [0.25, 0.3) is 0 Å². The van der Waals surface area contributed by atoms with E-state index in [-0.39, 0.29) is 23.1 Å². The van der Waals surface area contributed by atoms with Gasteiger partial charge in [-0.1, -0.05) is 26.0 Å². The number of phenolic OH excluding ortho intramolecular Hbond substituents is 1. The maximum atomic E-state index is 11.3. The number of phenols is 1. The van der Waals surface area contributed by atoms with Crippen LogP contribution in [0, 0.1) is 0 Å². The fourth-order valence-corrected chi connectivity index (χ4v) is 4.25. The van der Waals surface area contributed by atoms with Gasteiger partial charge in [0.05, 0.1) is 22.4 Å². The molecule has 1 aromatic carbocycles. The highest BCUT2D eigenvalue weighted by atomic mass is 16.3. The van der Waals surface area contributed by atoms with E-state index in [9.17, 15) is 19.8 Å². The van der Waals surface area contributed by atoms with Crippen molar-refractivity contribution >= 4 is 18.3 Å². The Labute approximate surface area is 166 Å². The van der Waals surface area contributed by atoms with Crippen molar-refractivity contribution in [2.45, 2.75) is 45.7 Å². The number of anilines is 1. The minimum absolute atomic E-state index is 0.0260. The maximum Gasteiger partial charge on any atom is 0.153 e. The zero-order valence-corrected chi connectivity index (χ0v) is 17.1. The van der Waals surface area contributed by atoms with Gasteiger partial charge in [0.15, 0.2) is 12.6 Å². The summed E-state index contributed by atoms with van der Waals surface area (Å²) in [7, 11) is 0. The highest BCUT2D eigenvalue weighted by molar-refractivity contribution is 5.84. The van der Waals surface area contributed by atoms with Gasteiger partial charge in [-0.2, -0.15) is 0 Å². The average molecular weight is 386 g/mol. The number of aldehydes is 2. The van der Waals surface area contributed by atoms with Gasteiger partial charge in [0.1, 0.15) is 11.5 Å². The Bertz CT molecular complexity index is 783. The Morgan fingerprint density at radius 1 is 1.11 bits per heavy atom. The molecular formula is C22H30N2O4. The van der Waals surface area contributed by atoms with Crippen LogP contribution in [0.5, 0.6) is 5.75 Å². The summed E-state index contributed by atoms with van der Waals surface area (Å²) < 4.78 is 0. The topological polar surface area (TPSA) is 81.1 Å². The molecule has 2 atom stereocenters. The minimum atomic E-state index is -0.570. The molecule has 6 heteroatoms. The average Bonchev–Trinajstić information content (AvgIpc) is 2.70. The van der Waals surface area contributed by atoms with Crippen LogP contribution in [0.2, 0.25) is 0 Å². The van der Waals surface area contributed by atoms with E-state index in [2.05, 4.69) is 18.7 Å². The van der Waals surface area contributed by atoms with E-state index in [4.69, 9.17) is 0 Å². The van der Waals surface area contributed by atoms with Gasteiger partial charge in [0.2, 0.25) is 0 Å². The van der Waals surface area contributed by atoms with E-state index in [1.165, 1.54) is 0 Å². The number of aromatic hydroxyl groups is 1. The summed E-state index contributed by atoms with van der Waals surface area (Å²) in [5.41, 5.74) is 0.540. The number of likely N-dealkylation sites (N-methyl/N-ethyl adjacent to an activating group) is 2. The molecule has 152 valence electrons. The van der Waals surface area contributed by atoms with Crippen molar-refractivity contribution in [1.82, 2.24) is 4.90 Å². The highest BCUT2D eigenvalue weighted by Crippen LogP contribution is 2.39. The lowest BCUT2D eigenvalue weighted by Gasteiger charge is -2.50. The van der Waals surface area contributed by atoms with Gasteiger partial charge < -0.3 is 15.1 Å². The first-order valence-corrected chi connectivity index (χ1v) is 9.76. The molecule has 0 radical (unpaired) electrons. The highest BCUT2D eigenvalue weighted by Gasteiger charge is 2.43. The second-order valence-electron chi connectivity index (χ2n) is 6.97. The van der Waals surface area contributed by atoms with E-state index >= 15 is 0 Å². The number of allylic oxidation sites excluding steroid dienone is 1. The number of aliphatic hydroxyl groups is 1. The third-order valence-corrected chi connectivity index (χ3v) is 5.82. The zero-order chi connectivity index (χ0) is 20.9. The number of hydrogen-bond acceptors (Lipinski definition) is 6. The summed E-state index contributed by atoms with van der Waals surface area (Å²) in [4.78, 5) is 26.8. The molecule has 0 spiro atoms. The fourth-order valence-electron chi connectivity index (χ4n) is 4.25. The zero-order valence-electron chi connectivity index (χ0n) is 17.1. The van der Waals surface area contributed by atoms with Crippen LogP contribution in [-0.4, -0.2) is 58.9 Å². The first kappa shape index (κ1) is 21.7. The molecule has 1 aliphatic rings. The van der Waals surface area contributed by atoms with E-state index in [0.717, 1.165) is 13.1 Å². The summed E-state index contributed by atoms with van der Waals surface area (Å²) in [6.45, 7) is 10.3. The van der Waals surface area contributed by atoms with Gasteiger partial charge in [0.25, 0.3) is 0 Å². The number of hydrogen-bond donors (Lipinski definition) is 2. The quantitative estimate of drug-likeness (QED) is 0.633. The molecule has 0 fully saturated rings. The SMILES string of the molecule is CCN(c1cccc(C=O)c1O)C(C)C1(N(CC)CC)C=C(O)C(C=O)=CC1. The smallest absolute Gasteiger partial charge is 0.153 e. The van der Waals surface area contributed by atoms with Crippen molar-refractivity contribution in [2.24, 2.45) is 0 Å². The molecule has 6 nitrogen and oxygen atoms in total. The van der Waals surface area contributed by atoms with E-state index in [1.807, 2.05) is 18.7 Å². The van der Waals surface area contributed by atoms with Crippen LogP contribution < -0.4 is 4.90 Å². The third kappa shape index (κ3) is 3.69. The number of carbonyl (C=O) groups is 2. The molecule has 1 aromatic rings. The molecule has 0 aliphatic heterocycles. The molecular weight excluding hydrogens is 356 g/mol. The number of benzene rings is 1. The van der Waals surface area contributed by atoms with E-state index in [1.54, 1.807) is 30.4 Å². The van der Waals surface area contributed by atoms with E-state index in [0.29, 0.717) is 36.8 Å². The predicted octanol–water partition coefficient (Wildman–Crippen LogP) is 3.47. The summed E-state index contributed by atoms with van der Waals surface area (Å²) in [6.07, 6.45) is 5.39. The van der Waals surface area contributed by atoms with Gasteiger partial charge in [-0.25, -0.2) is 0 Å². The van der Waals surface area contributed by atoms with Gasteiger partial charge in [-0.05, 0) is 51.6 Å². The summed E-state index contributed by atoms with van der Waals surface area (Å²) >= 11 is 0. The van der Waals surface area contributed by atoms with E-state index < -0.39 is 5.54 Å². The molecule has 0 saturated carbocycles. The normalized spacial score (nSPS) is 20.3. The lowest BCUT2D eigenvalue weighted by atomic mass is 9.79. The van der Waals surface area contributed by atoms with Crippen molar-refractivity contribution in [3.8, 4) is 5.75 Å². The van der Waals surface area contributed by atoms with Crippen LogP contribution in [-0.2, 0) is 4.79 Å². The first-order chi connectivity index (χ1) is 13.4. The molecule has 2 N–H and O–H groups in total. The maximum absolute atomic E-state index is 11.3. The van der Waals surface area contributed by atoms with Crippen LogP contribution in [0.1, 0.15) is 44.5 Å². The Hall–Kier alpha value is -2.60. The Balaban J connectivity index is 2.59. The number of aliphatic hydroxyl groups excluding tert-OH is 1. The fraction of sp³-hybridized carbons (Fsp3) is 0.455. The molecule has 0 bridgehead atoms. The number of para-hydroxylation sites is 1. The van der Waals surface area contributed by atoms with Gasteiger partial charge in [-0.3, -0.25) is 14.5 Å². The Kier molecular flexibility index (Phi) is 7.02. The molecule has 0 aromatic heterocycles. The molecule has 2 unspecified atom stereocenters. The second-order valence-corrected chi connectivity index (χ2v) is 6.97. The Morgan fingerprint density at radius 3 is 2.29 bits per heavy atom. The molecule has 2 rings (SSSR count). The number of rotatable bonds is 9. The lowest BCUT2D eigenvalue weighted by Crippen LogP contribution is -2.61. The van der Waals surface area contributed by atoms with Crippen LogP contribution in [0.3, 0.4) is 0 Å². The van der Waals surface area contributed by atoms with Gasteiger partial charge >= 0.3 is 0 Å². The molecule has 0 amide bonds. The first-order valence-electron chi connectivity index (χ1n) is 9.76. The van der Waals surface area contributed by atoms with Crippen LogP contribution in [0.15, 0.2) is 41.7 Å². The predicted molar refractivity (Wildman–Crippen MR) is 111 cm³/mol. The minimum Gasteiger partial charge on any atom is -0.507 e. The van der Waals surface area contributed by atoms with Crippen molar-refractivity contribution in [1.29, 1.82) is 0 Å². The monoisotopic (exact) mass is 386 g/mol. The summed E-state index contributed by atoms with van der Waals surface area (Å²) in [5, 5.41) is 21.1. The third-order valence-electron chi connectivity index (χ3n) is 5.82. The molecule has 0 saturated heterocycles. The van der Waals surface area contributed by atoms with Gasteiger partial charge in [-0.15, -0.1) is 0 Å². The molecule has 0 heterocycles.